The van der Waals surface area contributed by atoms with Gasteiger partial charge in [0.2, 0.25) is 16.0 Å². The van der Waals surface area contributed by atoms with Gasteiger partial charge in [0.05, 0.1) is 19.0 Å². The number of anilines is 1. The first kappa shape index (κ1) is 23.1. The smallest absolute Gasteiger partial charge is 0.214 e. The molecular formula is C24H32FN3O3S. The number of piperidine rings is 1. The van der Waals surface area contributed by atoms with Crippen LogP contribution in [0.1, 0.15) is 43.6 Å². The highest BCUT2D eigenvalue weighted by Gasteiger charge is 2.33. The molecule has 8 heteroatoms. The van der Waals surface area contributed by atoms with E-state index in [-0.39, 0.29) is 18.1 Å². The predicted octanol–water partition coefficient (Wildman–Crippen LogP) is 3.71. The van der Waals surface area contributed by atoms with Crippen LogP contribution in [0, 0.1) is 11.9 Å². The topological polar surface area (TPSA) is 71.5 Å². The molecule has 6 nitrogen and oxygen atoms in total. The zero-order valence-electron chi connectivity index (χ0n) is 18.5. The zero-order valence-corrected chi connectivity index (χ0v) is 19.3. The van der Waals surface area contributed by atoms with Crippen LogP contribution in [0.4, 0.5) is 10.2 Å². The summed E-state index contributed by atoms with van der Waals surface area (Å²) in [7, 11) is -3.33. The average molecular weight is 462 g/mol. The van der Waals surface area contributed by atoms with E-state index in [1.54, 1.807) is 12.1 Å². The number of aromatic nitrogens is 1. The molecule has 2 fully saturated rings. The fourth-order valence-corrected chi connectivity index (χ4v) is 5.82. The number of nitrogens with one attached hydrogen (secondary N) is 1. The van der Waals surface area contributed by atoms with E-state index >= 15 is 0 Å². The van der Waals surface area contributed by atoms with Gasteiger partial charge in [-0.1, -0.05) is 36.4 Å². The molecule has 2 heterocycles. The van der Waals surface area contributed by atoms with Gasteiger partial charge in [-0.25, -0.2) is 18.1 Å². The minimum Gasteiger partial charge on any atom is -0.378 e. The highest BCUT2D eigenvalue weighted by molar-refractivity contribution is 7.88. The number of sulfonamides is 1. The van der Waals surface area contributed by atoms with Crippen LogP contribution in [0.15, 0.2) is 48.5 Å². The average Bonchev–Trinajstić information content (AvgIpc) is 2.78. The molecule has 0 unspecified atom stereocenters. The van der Waals surface area contributed by atoms with Crippen molar-refractivity contribution in [3.05, 3.63) is 60.0 Å². The number of halogens is 1. The molecule has 4 rings (SSSR count). The maximum atomic E-state index is 13.6. The van der Waals surface area contributed by atoms with Crippen LogP contribution >= 0.6 is 0 Å². The number of hydrogen-bond acceptors (Lipinski definition) is 5. The fourth-order valence-electron chi connectivity index (χ4n) is 4.96. The maximum Gasteiger partial charge on any atom is 0.214 e. The van der Waals surface area contributed by atoms with Gasteiger partial charge >= 0.3 is 0 Å². The van der Waals surface area contributed by atoms with Crippen molar-refractivity contribution in [1.29, 1.82) is 0 Å². The molecule has 2 aromatic rings. The zero-order chi connectivity index (χ0) is 22.6. The predicted molar refractivity (Wildman–Crippen MR) is 124 cm³/mol. The molecule has 0 amide bonds. The van der Waals surface area contributed by atoms with Crippen LogP contribution < -0.4 is 9.62 Å². The molecule has 1 saturated carbocycles. The van der Waals surface area contributed by atoms with E-state index in [1.807, 2.05) is 11.0 Å². The number of hydrogen-bond donors (Lipinski definition) is 1. The van der Waals surface area contributed by atoms with Gasteiger partial charge in [0.25, 0.3) is 0 Å². The quantitative estimate of drug-likeness (QED) is 0.637. The number of nitrogens with zero attached hydrogens (tertiary/aromatic N) is 2. The second-order valence-corrected chi connectivity index (χ2v) is 10.8. The van der Waals surface area contributed by atoms with Gasteiger partial charge in [-0.2, -0.15) is 4.39 Å². The van der Waals surface area contributed by atoms with E-state index in [0.29, 0.717) is 37.9 Å². The standard InChI is InChI=1S/C24H32FN3O3S/c1-32(29,30)27-22-14-15-28(24-9-5-8-23(25)26-24)16-20(22)17-31-21-12-10-19(11-13-21)18-6-3-2-4-7-18/h2-9,19-22,27H,10-17H2,1H3/t19-,20-,21+,22-/m0/s1. The SMILES string of the molecule is CS(=O)(=O)N[C@H]1CCN(c2cccc(F)n2)C[C@H]1CO[C@H]1CC[C@@H](c2ccccc2)CC1. The second-order valence-electron chi connectivity index (χ2n) is 9.03. The van der Waals surface area contributed by atoms with E-state index in [4.69, 9.17) is 4.74 Å². The molecule has 174 valence electrons. The summed E-state index contributed by atoms with van der Waals surface area (Å²) in [5.41, 5.74) is 1.40. The van der Waals surface area contributed by atoms with E-state index in [0.717, 1.165) is 25.7 Å². The molecule has 1 aliphatic carbocycles. The van der Waals surface area contributed by atoms with Crippen LogP contribution in [-0.2, 0) is 14.8 Å². The summed E-state index contributed by atoms with van der Waals surface area (Å²) in [5, 5.41) is 0. The summed E-state index contributed by atoms with van der Waals surface area (Å²) in [4.78, 5) is 6.02. The van der Waals surface area contributed by atoms with Crippen molar-refractivity contribution in [2.24, 2.45) is 5.92 Å². The molecule has 0 radical (unpaired) electrons. The summed E-state index contributed by atoms with van der Waals surface area (Å²) >= 11 is 0. The molecule has 1 saturated heterocycles. The third-order valence-electron chi connectivity index (χ3n) is 6.61. The first-order chi connectivity index (χ1) is 15.4. The largest absolute Gasteiger partial charge is 0.378 e. The summed E-state index contributed by atoms with van der Waals surface area (Å²) in [6, 6.07) is 15.2. The van der Waals surface area contributed by atoms with E-state index in [1.165, 1.54) is 17.9 Å². The summed E-state index contributed by atoms with van der Waals surface area (Å²) in [5.74, 6) is 0.619. The molecule has 1 N–H and O–H groups in total. The van der Waals surface area contributed by atoms with Gasteiger partial charge in [-0.3, -0.25) is 0 Å². The molecule has 1 aromatic carbocycles. The van der Waals surface area contributed by atoms with Gasteiger partial charge in [-0.15, -0.1) is 0 Å². The molecule has 1 aliphatic heterocycles. The van der Waals surface area contributed by atoms with Gasteiger partial charge in [-0.05, 0) is 55.7 Å². The minimum absolute atomic E-state index is 0.0320. The van der Waals surface area contributed by atoms with Crippen LogP contribution in [0.25, 0.3) is 0 Å². The maximum absolute atomic E-state index is 13.6. The monoisotopic (exact) mass is 461 g/mol. The molecule has 32 heavy (non-hydrogen) atoms. The summed E-state index contributed by atoms with van der Waals surface area (Å²) < 4.78 is 46.5. The van der Waals surface area contributed by atoms with Crippen LogP contribution in [0.5, 0.6) is 0 Å². The Labute approximate surface area is 190 Å². The lowest BCUT2D eigenvalue weighted by Gasteiger charge is -2.40. The van der Waals surface area contributed by atoms with E-state index < -0.39 is 16.0 Å². The molecular weight excluding hydrogens is 429 g/mol. The third-order valence-corrected chi connectivity index (χ3v) is 7.35. The Hall–Kier alpha value is -2.03. The van der Waals surface area contributed by atoms with Crippen molar-refractivity contribution in [3.63, 3.8) is 0 Å². The normalized spacial score (nSPS) is 26.8. The number of pyridine rings is 1. The van der Waals surface area contributed by atoms with Crippen LogP contribution in [0.2, 0.25) is 0 Å². The first-order valence-electron chi connectivity index (χ1n) is 11.4. The lowest BCUT2D eigenvalue weighted by atomic mass is 9.82. The van der Waals surface area contributed by atoms with E-state index in [2.05, 4.69) is 34.0 Å². The molecule has 2 atom stereocenters. The molecule has 1 aromatic heterocycles. The molecule has 0 bridgehead atoms. The van der Waals surface area contributed by atoms with Crippen LogP contribution in [0.3, 0.4) is 0 Å². The fraction of sp³-hybridized carbons (Fsp3) is 0.542. The van der Waals surface area contributed by atoms with Crippen LogP contribution in [-0.4, -0.2) is 51.5 Å². The Bertz CT molecular complexity index is 981. The number of rotatable bonds is 7. The lowest BCUT2D eigenvalue weighted by Crippen LogP contribution is -2.52. The second kappa shape index (κ2) is 10.3. The molecule has 2 aliphatic rings. The Kier molecular flexibility index (Phi) is 7.43. The molecule has 0 spiro atoms. The number of ether oxygens (including phenoxy) is 1. The highest BCUT2D eigenvalue weighted by atomic mass is 32.2. The van der Waals surface area contributed by atoms with Gasteiger partial charge in [0, 0.05) is 25.0 Å². The van der Waals surface area contributed by atoms with Gasteiger partial charge in [0.1, 0.15) is 5.82 Å². The Morgan fingerprint density at radius 3 is 2.50 bits per heavy atom. The minimum atomic E-state index is -3.33. The van der Waals surface area contributed by atoms with Crippen molar-refractivity contribution in [2.45, 2.75) is 50.2 Å². The van der Waals surface area contributed by atoms with Crippen molar-refractivity contribution in [2.75, 3.05) is 30.9 Å². The summed E-state index contributed by atoms with van der Waals surface area (Å²) in [6.07, 6.45) is 6.22. The van der Waals surface area contributed by atoms with Crippen molar-refractivity contribution in [1.82, 2.24) is 9.71 Å². The first-order valence-corrected chi connectivity index (χ1v) is 13.3. The van der Waals surface area contributed by atoms with Gasteiger partial charge < -0.3 is 9.64 Å². The van der Waals surface area contributed by atoms with Gasteiger partial charge in [0.15, 0.2) is 0 Å². The van der Waals surface area contributed by atoms with Crippen molar-refractivity contribution in [3.8, 4) is 0 Å². The lowest BCUT2D eigenvalue weighted by molar-refractivity contribution is -0.00214. The highest BCUT2D eigenvalue weighted by Crippen LogP contribution is 2.34. The third kappa shape index (κ3) is 6.27. The summed E-state index contributed by atoms with van der Waals surface area (Å²) in [6.45, 7) is 1.66. The van der Waals surface area contributed by atoms with E-state index in [9.17, 15) is 12.8 Å². The number of benzene rings is 1. The Morgan fingerprint density at radius 1 is 1.06 bits per heavy atom. The Morgan fingerprint density at radius 2 is 1.81 bits per heavy atom. The van der Waals surface area contributed by atoms with Crippen molar-refractivity contribution >= 4 is 15.8 Å². The van der Waals surface area contributed by atoms with Crippen molar-refractivity contribution < 1.29 is 17.5 Å². The Balaban J connectivity index is 1.36.